The van der Waals surface area contributed by atoms with Gasteiger partial charge in [-0.25, -0.2) is 0 Å². The van der Waals surface area contributed by atoms with Crippen molar-refractivity contribution in [2.24, 2.45) is 5.41 Å². The minimum absolute atomic E-state index is 0. The maximum atomic E-state index is 10.9. The third kappa shape index (κ3) is 6.34. The molecular weight excluding hydrogens is 331 g/mol. The van der Waals surface area contributed by atoms with Crippen molar-refractivity contribution in [3.8, 4) is 0 Å². The zero-order valence-corrected chi connectivity index (χ0v) is 14.1. The van der Waals surface area contributed by atoms with Gasteiger partial charge in [0.25, 0.3) is 0 Å². The zero-order chi connectivity index (χ0) is 14.9. The van der Waals surface area contributed by atoms with E-state index in [4.69, 9.17) is 5.11 Å². The average Bonchev–Trinajstić information content (AvgIpc) is 2.17. The molecule has 19 heavy (non-hydrogen) atoms. The summed E-state index contributed by atoms with van der Waals surface area (Å²) >= 11 is 0. The second-order valence-electron chi connectivity index (χ2n) is 3.78. The van der Waals surface area contributed by atoms with E-state index in [1.54, 1.807) is 0 Å². The van der Waals surface area contributed by atoms with Crippen molar-refractivity contribution in [2.45, 2.75) is 40.5 Å². The number of carboxylic acid groups (broad SMARTS) is 1. The van der Waals surface area contributed by atoms with Crippen molar-refractivity contribution >= 4 is 23.3 Å². The number of ketones is 3. The summed E-state index contributed by atoms with van der Waals surface area (Å²) in [6.45, 7) is 5.02. The summed E-state index contributed by atoms with van der Waals surface area (Å²) in [7, 11) is 0. The van der Waals surface area contributed by atoms with Crippen LogP contribution in [0.15, 0.2) is 0 Å². The van der Waals surface area contributed by atoms with Gasteiger partial charge in [-0.1, -0.05) is 13.3 Å². The second kappa shape index (κ2) is 11.2. The molecule has 0 saturated carbocycles. The number of carbonyl (C=O) groups excluding carboxylic acids is 4. The standard InChI is InChI=1S/C8H10O5.C4H10O.Zr/c1-4(9)8(5(2)10,6(3)11)7(12)13;1-2-3-4-5;/h1-3H3,(H,12,13);5H,2-4H2,1H3;/p-1. The van der Waals surface area contributed by atoms with Crippen LogP contribution in [-0.4, -0.2) is 35.0 Å². The fraction of sp³-hybridized carbons (Fsp3) is 0.667. The smallest absolute Gasteiger partial charge is 0.183 e. The van der Waals surface area contributed by atoms with E-state index < -0.39 is 28.7 Å². The Morgan fingerprint density at radius 3 is 1.32 bits per heavy atom. The van der Waals surface area contributed by atoms with Gasteiger partial charge in [-0.3, -0.25) is 14.4 Å². The van der Waals surface area contributed by atoms with Gasteiger partial charge in [0, 0.05) is 32.8 Å². The van der Waals surface area contributed by atoms with Crippen molar-refractivity contribution in [1.29, 1.82) is 0 Å². The first-order chi connectivity index (χ1) is 8.19. The van der Waals surface area contributed by atoms with Gasteiger partial charge in [0.15, 0.2) is 22.8 Å². The van der Waals surface area contributed by atoms with E-state index in [-0.39, 0.29) is 26.2 Å². The fourth-order valence-corrected chi connectivity index (χ4v) is 1.33. The molecule has 0 heterocycles. The fourth-order valence-electron chi connectivity index (χ4n) is 1.33. The van der Waals surface area contributed by atoms with Crippen LogP contribution in [0.5, 0.6) is 0 Å². The number of hydrogen-bond donors (Lipinski definition) is 1. The number of aliphatic hydroxyl groups is 1. The molecule has 0 bridgehead atoms. The van der Waals surface area contributed by atoms with Crippen LogP contribution in [0, 0.1) is 5.41 Å². The van der Waals surface area contributed by atoms with E-state index in [1.807, 2.05) is 0 Å². The molecule has 0 aliphatic carbocycles. The van der Waals surface area contributed by atoms with Crippen molar-refractivity contribution in [3.63, 3.8) is 0 Å². The molecule has 1 N–H and O–H groups in total. The number of aliphatic hydroxyl groups excluding tert-OH is 1. The molecule has 0 aromatic carbocycles. The number of rotatable bonds is 6. The van der Waals surface area contributed by atoms with Crippen LogP contribution in [0.3, 0.4) is 0 Å². The van der Waals surface area contributed by atoms with Crippen molar-refractivity contribution in [3.05, 3.63) is 0 Å². The molecule has 108 valence electrons. The van der Waals surface area contributed by atoms with Crippen LogP contribution in [0.4, 0.5) is 0 Å². The summed E-state index contributed by atoms with van der Waals surface area (Å²) in [6, 6.07) is 0. The average molecular weight is 351 g/mol. The maximum Gasteiger partial charge on any atom is 0.183 e. The summed E-state index contributed by atoms with van der Waals surface area (Å²) < 4.78 is 0. The third-order valence-corrected chi connectivity index (χ3v) is 2.40. The number of carbonyl (C=O) groups is 4. The number of hydrogen-bond acceptors (Lipinski definition) is 6. The summed E-state index contributed by atoms with van der Waals surface area (Å²) in [4.78, 5) is 43.4. The zero-order valence-electron chi connectivity index (χ0n) is 11.6. The first-order valence-corrected chi connectivity index (χ1v) is 5.54. The van der Waals surface area contributed by atoms with Crippen LogP contribution in [0.2, 0.25) is 0 Å². The Labute approximate surface area is 131 Å². The molecular formula is C12H19O6Zr-. The molecule has 0 aliphatic rings. The molecule has 0 spiro atoms. The molecule has 0 saturated heterocycles. The molecule has 0 fully saturated rings. The SMILES string of the molecule is CC(=O)C(C(C)=O)(C(C)=O)C(=O)[O-].CCCCO.[Zr]. The molecule has 0 rings (SSSR count). The van der Waals surface area contributed by atoms with Crippen molar-refractivity contribution in [2.75, 3.05) is 6.61 Å². The predicted octanol–water partition coefficient (Wildman–Crippen LogP) is -0.734. The number of aliphatic carboxylic acids is 1. The van der Waals surface area contributed by atoms with Gasteiger partial charge in [0.1, 0.15) is 0 Å². The topological polar surface area (TPSA) is 112 Å². The molecule has 0 radical (unpaired) electrons. The third-order valence-electron chi connectivity index (χ3n) is 2.40. The molecule has 6 nitrogen and oxygen atoms in total. The second-order valence-corrected chi connectivity index (χ2v) is 3.78. The Hall–Kier alpha value is -0.677. The van der Waals surface area contributed by atoms with E-state index in [2.05, 4.69) is 6.92 Å². The van der Waals surface area contributed by atoms with Gasteiger partial charge >= 0.3 is 0 Å². The Balaban J connectivity index is -0.000000366. The van der Waals surface area contributed by atoms with Gasteiger partial charge in [-0.15, -0.1) is 0 Å². The molecule has 0 aromatic rings. The molecule has 7 heteroatoms. The van der Waals surface area contributed by atoms with Gasteiger partial charge in [-0.2, -0.15) is 0 Å². The van der Waals surface area contributed by atoms with Gasteiger partial charge in [-0.05, 0) is 27.2 Å². The van der Waals surface area contributed by atoms with Crippen LogP contribution in [0.25, 0.3) is 0 Å². The van der Waals surface area contributed by atoms with Gasteiger partial charge in [0.05, 0.1) is 5.97 Å². The normalized spacial score (nSPS) is 9.53. The van der Waals surface area contributed by atoms with Crippen LogP contribution in [0.1, 0.15) is 40.5 Å². The Bertz CT molecular complexity index is 274. The summed E-state index contributed by atoms with van der Waals surface area (Å²) in [5.74, 6) is -5.02. The number of carboxylic acids is 1. The molecule has 0 aromatic heterocycles. The number of unbranched alkanes of at least 4 members (excludes halogenated alkanes) is 1. The first kappa shape index (κ1) is 23.4. The van der Waals surface area contributed by atoms with Crippen molar-refractivity contribution in [1.82, 2.24) is 0 Å². The minimum Gasteiger partial charge on any atom is -0.548 e. The first-order valence-electron chi connectivity index (χ1n) is 5.54. The van der Waals surface area contributed by atoms with Gasteiger partial charge < -0.3 is 15.0 Å². The Kier molecular flexibility index (Phi) is 13.8. The Morgan fingerprint density at radius 1 is 1.00 bits per heavy atom. The summed E-state index contributed by atoms with van der Waals surface area (Å²) in [5.41, 5.74) is -2.61. The van der Waals surface area contributed by atoms with Gasteiger partial charge in [0.2, 0.25) is 0 Å². The van der Waals surface area contributed by atoms with E-state index in [0.717, 1.165) is 33.6 Å². The van der Waals surface area contributed by atoms with Crippen LogP contribution < -0.4 is 5.11 Å². The summed E-state index contributed by atoms with van der Waals surface area (Å²) in [6.07, 6.45) is 2.04. The number of Topliss-reactive ketones (excluding diaryl/α,β-unsaturated/α-hetero) is 3. The van der Waals surface area contributed by atoms with E-state index in [1.165, 1.54) is 0 Å². The van der Waals surface area contributed by atoms with E-state index in [0.29, 0.717) is 6.61 Å². The molecule has 0 amide bonds. The Morgan fingerprint density at radius 2 is 1.32 bits per heavy atom. The molecule has 0 atom stereocenters. The summed E-state index contributed by atoms with van der Waals surface area (Å²) in [5, 5.41) is 18.6. The quantitative estimate of drug-likeness (QED) is 0.632. The van der Waals surface area contributed by atoms with Crippen LogP contribution in [-0.2, 0) is 45.4 Å². The maximum absolute atomic E-state index is 10.9. The largest absolute Gasteiger partial charge is 0.548 e. The van der Waals surface area contributed by atoms with E-state index >= 15 is 0 Å². The van der Waals surface area contributed by atoms with Crippen molar-refractivity contribution < 1.29 is 55.6 Å². The van der Waals surface area contributed by atoms with Crippen LogP contribution >= 0.6 is 0 Å². The molecule has 0 unspecified atom stereocenters. The van der Waals surface area contributed by atoms with E-state index in [9.17, 15) is 24.3 Å². The monoisotopic (exact) mass is 349 g/mol. The minimum atomic E-state index is -2.61. The molecule has 0 aliphatic heterocycles. The predicted molar refractivity (Wildman–Crippen MR) is 61.5 cm³/mol.